The normalized spacial score (nSPS) is 9.83. The molecule has 2 aromatic rings. The van der Waals surface area contributed by atoms with Crippen LogP contribution in [0, 0.1) is 18.3 Å². The van der Waals surface area contributed by atoms with E-state index in [0.29, 0.717) is 27.7 Å². The molecule has 5 nitrogen and oxygen atoms in total. The molecule has 2 rings (SSSR count). The average molecular weight is 330 g/mol. The van der Waals surface area contributed by atoms with Crippen LogP contribution in [0.15, 0.2) is 36.4 Å². The monoisotopic (exact) mass is 329 g/mol. The number of methoxy groups -OCH3 is 1. The number of carbonyl (C=O) groups is 1. The van der Waals surface area contributed by atoms with Crippen LogP contribution in [0.1, 0.15) is 11.1 Å². The van der Waals surface area contributed by atoms with Crippen molar-refractivity contribution in [3.63, 3.8) is 0 Å². The van der Waals surface area contributed by atoms with Gasteiger partial charge in [-0.2, -0.15) is 5.26 Å². The van der Waals surface area contributed by atoms with E-state index in [1.54, 1.807) is 37.4 Å². The summed E-state index contributed by atoms with van der Waals surface area (Å²) in [6, 6.07) is 12.2. The van der Waals surface area contributed by atoms with Crippen molar-refractivity contribution in [2.75, 3.05) is 24.3 Å². The Morgan fingerprint density at radius 2 is 2.00 bits per heavy atom. The molecule has 2 N–H and O–H groups in total. The van der Waals surface area contributed by atoms with Gasteiger partial charge in [0.15, 0.2) is 0 Å². The van der Waals surface area contributed by atoms with Gasteiger partial charge in [0.2, 0.25) is 5.91 Å². The van der Waals surface area contributed by atoms with Crippen LogP contribution in [-0.4, -0.2) is 19.6 Å². The summed E-state index contributed by atoms with van der Waals surface area (Å²) in [6.45, 7) is 1.96. The van der Waals surface area contributed by atoms with Gasteiger partial charge in [-0.3, -0.25) is 4.79 Å². The molecular formula is C17H16ClN3O2. The third-order valence-corrected chi connectivity index (χ3v) is 3.63. The number of carbonyl (C=O) groups excluding carboxylic acids is 1. The number of halogens is 1. The van der Waals surface area contributed by atoms with Crippen molar-refractivity contribution in [3.8, 4) is 11.8 Å². The number of anilines is 2. The third-order valence-electron chi connectivity index (χ3n) is 3.22. The zero-order valence-electron chi connectivity index (χ0n) is 12.8. The van der Waals surface area contributed by atoms with Gasteiger partial charge in [-0.05, 0) is 42.8 Å². The number of nitrogens with zero attached hydrogens (tertiary/aromatic N) is 1. The number of hydrogen-bond acceptors (Lipinski definition) is 4. The highest BCUT2D eigenvalue weighted by Crippen LogP contribution is 2.30. The van der Waals surface area contributed by atoms with Crippen molar-refractivity contribution in [2.45, 2.75) is 6.92 Å². The number of benzene rings is 2. The molecule has 0 bridgehead atoms. The molecule has 6 heteroatoms. The molecule has 0 saturated heterocycles. The van der Waals surface area contributed by atoms with Crippen molar-refractivity contribution in [2.24, 2.45) is 0 Å². The summed E-state index contributed by atoms with van der Waals surface area (Å²) in [7, 11) is 1.54. The summed E-state index contributed by atoms with van der Waals surface area (Å²) in [6.07, 6.45) is 0. The minimum absolute atomic E-state index is 0.0808. The minimum Gasteiger partial charge on any atom is -0.495 e. The lowest BCUT2D eigenvalue weighted by Crippen LogP contribution is -2.22. The van der Waals surface area contributed by atoms with Crippen LogP contribution < -0.4 is 15.4 Å². The van der Waals surface area contributed by atoms with Crippen LogP contribution in [0.3, 0.4) is 0 Å². The van der Waals surface area contributed by atoms with Gasteiger partial charge in [-0.15, -0.1) is 0 Å². The zero-order chi connectivity index (χ0) is 16.8. The molecule has 0 heterocycles. The van der Waals surface area contributed by atoms with Gasteiger partial charge in [0.1, 0.15) is 5.75 Å². The predicted octanol–water partition coefficient (Wildman–Crippen LogP) is 3.58. The SMILES string of the molecule is COc1cc(Cl)c(C)cc1NCC(=O)Nc1ccc(C#N)cc1. The van der Waals surface area contributed by atoms with E-state index in [2.05, 4.69) is 10.6 Å². The van der Waals surface area contributed by atoms with Gasteiger partial charge >= 0.3 is 0 Å². The van der Waals surface area contributed by atoms with E-state index < -0.39 is 0 Å². The van der Waals surface area contributed by atoms with E-state index in [-0.39, 0.29) is 12.5 Å². The number of ether oxygens (including phenoxy) is 1. The summed E-state index contributed by atoms with van der Waals surface area (Å²) in [4.78, 5) is 12.0. The van der Waals surface area contributed by atoms with Crippen molar-refractivity contribution in [1.29, 1.82) is 5.26 Å². The molecule has 0 radical (unpaired) electrons. The van der Waals surface area contributed by atoms with E-state index >= 15 is 0 Å². The molecule has 0 aliphatic rings. The Morgan fingerprint density at radius 3 is 2.61 bits per heavy atom. The summed E-state index contributed by atoms with van der Waals surface area (Å²) in [5.74, 6) is 0.371. The number of hydrogen-bond donors (Lipinski definition) is 2. The van der Waals surface area contributed by atoms with E-state index in [0.717, 1.165) is 5.56 Å². The summed E-state index contributed by atoms with van der Waals surface area (Å²) in [5.41, 5.74) is 2.77. The van der Waals surface area contributed by atoms with Crippen LogP contribution >= 0.6 is 11.6 Å². The lowest BCUT2D eigenvalue weighted by Gasteiger charge is -2.13. The largest absolute Gasteiger partial charge is 0.495 e. The van der Waals surface area contributed by atoms with Crippen LogP contribution in [-0.2, 0) is 4.79 Å². The standard InChI is InChI=1S/C17H16ClN3O2/c1-11-7-15(16(23-2)8-14(11)18)20-10-17(22)21-13-5-3-12(9-19)4-6-13/h3-8,20H,10H2,1-2H3,(H,21,22). The molecule has 1 amide bonds. The first-order valence-electron chi connectivity index (χ1n) is 6.91. The van der Waals surface area contributed by atoms with Crippen LogP contribution in [0.5, 0.6) is 5.75 Å². The molecule has 0 spiro atoms. The molecule has 2 aromatic carbocycles. The first-order valence-corrected chi connectivity index (χ1v) is 7.29. The molecule has 0 unspecified atom stereocenters. The van der Waals surface area contributed by atoms with Gasteiger partial charge in [-0.1, -0.05) is 11.6 Å². The minimum atomic E-state index is -0.204. The fraction of sp³-hybridized carbons (Fsp3) is 0.176. The number of rotatable bonds is 5. The van der Waals surface area contributed by atoms with Crippen LogP contribution in [0.2, 0.25) is 5.02 Å². The quantitative estimate of drug-likeness (QED) is 0.879. The molecule has 0 saturated carbocycles. The Labute approximate surface area is 139 Å². The second kappa shape index (κ2) is 7.52. The molecule has 0 atom stereocenters. The van der Waals surface area contributed by atoms with Crippen molar-refractivity contribution >= 4 is 28.9 Å². The molecule has 0 aliphatic carbocycles. The average Bonchev–Trinajstić information content (AvgIpc) is 2.56. The Kier molecular flexibility index (Phi) is 5.45. The smallest absolute Gasteiger partial charge is 0.243 e. The first kappa shape index (κ1) is 16.7. The molecule has 118 valence electrons. The zero-order valence-corrected chi connectivity index (χ0v) is 13.6. The Morgan fingerprint density at radius 1 is 1.30 bits per heavy atom. The number of amides is 1. The second-order valence-electron chi connectivity index (χ2n) is 4.89. The first-order chi connectivity index (χ1) is 11.0. The van der Waals surface area contributed by atoms with E-state index in [1.165, 1.54) is 0 Å². The van der Waals surface area contributed by atoms with Gasteiger partial charge < -0.3 is 15.4 Å². The van der Waals surface area contributed by atoms with Gasteiger partial charge in [0, 0.05) is 16.8 Å². The van der Waals surface area contributed by atoms with E-state index in [4.69, 9.17) is 21.6 Å². The molecular weight excluding hydrogens is 314 g/mol. The van der Waals surface area contributed by atoms with Crippen LogP contribution in [0.25, 0.3) is 0 Å². The van der Waals surface area contributed by atoms with E-state index in [1.807, 2.05) is 19.1 Å². The third kappa shape index (κ3) is 4.38. The predicted molar refractivity (Wildman–Crippen MR) is 91.0 cm³/mol. The molecule has 23 heavy (non-hydrogen) atoms. The second-order valence-corrected chi connectivity index (χ2v) is 5.30. The van der Waals surface area contributed by atoms with Crippen LogP contribution in [0.4, 0.5) is 11.4 Å². The number of aryl methyl sites for hydroxylation is 1. The van der Waals surface area contributed by atoms with E-state index in [9.17, 15) is 4.79 Å². The number of nitriles is 1. The van der Waals surface area contributed by atoms with Gasteiger partial charge in [-0.25, -0.2) is 0 Å². The van der Waals surface area contributed by atoms with Gasteiger partial charge in [0.05, 0.1) is 31.0 Å². The fourth-order valence-corrected chi connectivity index (χ4v) is 2.13. The maximum Gasteiger partial charge on any atom is 0.243 e. The van der Waals surface area contributed by atoms with Crippen molar-refractivity contribution in [3.05, 3.63) is 52.5 Å². The topological polar surface area (TPSA) is 74.2 Å². The highest BCUT2D eigenvalue weighted by atomic mass is 35.5. The molecule has 0 aliphatic heterocycles. The highest BCUT2D eigenvalue weighted by molar-refractivity contribution is 6.31. The summed E-state index contributed by atoms with van der Waals surface area (Å²) < 4.78 is 5.25. The summed E-state index contributed by atoms with van der Waals surface area (Å²) in [5, 5.41) is 15.1. The van der Waals surface area contributed by atoms with Crippen molar-refractivity contribution < 1.29 is 9.53 Å². The Balaban J connectivity index is 1.99. The Hall–Kier alpha value is -2.71. The number of nitrogens with one attached hydrogen (secondary N) is 2. The highest BCUT2D eigenvalue weighted by Gasteiger charge is 2.09. The maximum atomic E-state index is 12.0. The summed E-state index contributed by atoms with van der Waals surface area (Å²) >= 11 is 6.05. The van der Waals surface area contributed by atoms with Crippen molar-refractivity contribution in [1.82, 2.24) is 0 Å². The lowest BCUT2D eigenvalue weighted by molar-refractivity contribution is -0.114. The fourth-order valence-electron chi connectivity index (χ4n) is 1.98. The molecule has 0 aromatic heterocycles. The molecule has 0 fully saturated rings. The maximum absolute atomic E-state index is 12.0. The Bertz CT molecular complexity index is 752. The van der Waals surface area contributed by atoms with Gasteiger partial charge in [0.25, 0.3) is 0 Å². The lowest BCUT2D eigenvalue weighted by atomic mass is 10.2.